The van der Waals surface area contributed by atoms with Crippen LogP contribution in [0.2, 0.25) is 0 Å². The molecule has 0 aliphatic carbocycles. The Hall–Kier alpha value is -3.90. The first-order chi connectivity index (χ1) is 20.9. The Bertz CT molecular complexity index is 1590. The van der Waals surface area contributed by atoms with Crippen LogP contribution in [0.15, 0.2) is 72.8 Å². The Morgan fingerprint density at radius 3 is 2.23 bits per heavy atom. The summed E-state index contributed by atoms with van der Waals surface area (Å²) < 4.78 is 2.16. The molecule has 6 rings (SSSR count). The number of para-hydroxylation sites is 1. The summed E-state index contributed by atoms with van der Waals surface area (Å²) in [5.41, 5.74) is 8.99. The first-order valence-electron chi connectivity index (χ1n) is 15.9. The average Bonchev–Trinajstić information content (AvgIpc) is 3.36. The summed E-state index contributed by atoms with van der Waals surface area (Å²) in [5, 5.41) is 4.38. The SMILES string of the molecule is CC(=O)N1CCC(NC(=O)Cn2c(-c3cccc(CN4CCC(c5c(C)cccc5C)CC4)c3)cc3ccccc32)CC1. The minimum absolute atomic E-state index is 0.0202. The molecule has 2 amide bonds. The molecule has 0 radical (unpaired) electrons. The van der Waals surface area contributed by atoms with Crippen LogP contribution in [0.1, 0.15) is 60.8 Å². The third-order valence-corrected chi connectivity index (χ3v) is 9.58. The van der Waals surface area contributed by atoms with Gasteiger partial charge in [0, 0.05) is 49.2 Å². The van der Waals surface area contributed by atoms with Crippen LogP contribution in [0.3, 0.4) is 0 Å². The summed E-state index contributed by atoms with van der Waals surface area (Å²) in [6, 6.07) is 26.2. The van der Waals surface area contributed by atoms with Crippen LogP contribution >= 0.6 is 0 Å². The van der Waals surface area contributed by atoms with Gasteiger partial charge < -0.3 is 14.8 Å². The molecule has 43 heavy (non-hydrogen) atoms. The van der Waals surface area contributed by atoms with Crippen molar-refractivity contribution in [3.05, 3.63) is 95.1 Å². The minimum Gasteiger partial charge on any atom is -0.352 e. The summed E-state index contributed by atoms with van der Waals surface area (Å²) in [4.78, 5) is 29.4. The van der Waals surface area contributed by atoms with Crippen LogP contribution in [0.4, 0.5) is 0 Å². The van der Waals surface area contributed by atoms with Crippen LogP contribution in [0.5, 0.6) is 0 Å². The maximum Gasteiger partial charge on any atom is 0.240 e. The molecule has 0 unspecified atom stereocenters. The van der Waals surface area contributed by atoms with Crippen LogP contribution in [-0.4, -0.2) is 58.4 Å². The fraction of sp³-hybridized carbons (Fsp3) is 0.405. The third-order valence-electron chi connectivity index (χ3n) is 9.58. The number of hydrogen-bond donors (Lipinski definition) is 1. The molecule has 1 N–H and O–H groups in total. The predicted octanol–water partition coefficient (Wildman–Crippen LogP) is 6.43. The summed E-state index contributed by atoms with van der Waals surface area (Å²) in [6.07, 6.45) is 3.99. The van der Waals surface area contributed by atoms with Crippen LogP contribution in [-0.2, 0) is 22.7 Å². The molecule has 1 aromatic heterocycles. The molecule has 0 spiro atoms. The number of fused-ring (bicyclic) bond motifs is 1. The van der Waals surface area contributed by atoms with Crippen LogP contribution in [0, 0.1) is 13.8 Å². The zero-order chi connectivity index (χ0) is 29.9. The number of nitrogens with one attached hydrogen (secondary N) is 1. The van der Waals surface area contributed by atoms with E-state index in [9.17, 15) is 9.59 Å². The van der Waals surface area contributed by atoms with Gasteiger partial charge in [0.15, 0.2) is 0 Å². The van der Waals surface area contributed by atoms with Gasteiger partial charge in [-0.15, -0.1) is 0 Å². The van der Waals surface area contributed by atoms with E-state index in [0.717, 1.165) is 54.6 Å². The predicted molar refractivity (Wildman–Crippen MR) is 174 cm³/mol. The molecule has 2 fully saturated rings. The molecule has 0 atom stereocenters. The number of aryl methyl sites for hydroxylation is 2. The van der Waals surface area contributed by atoms with Gasteiger partial charge in [-0.3, -0.25) is 14.5 Å². The largest absolute Gasteiger partial charge is 0.352 e. The van der Waals surface area contributed by atoms with Gasteiger partial charge in [0.2, 0.25) is 11.8 Å². The molecule has 4 aromatic rings. The van der Waals surface area contributed by atoms with E-state index in [1.807, 2.05) is 11.0 Å². The molecule has 0 bridgehead atoms. The lowest BCUT2D eigenvalue weighted by Crippen LogP contribution is -2.46. The van der Waals surface area contributed by atoms with E-state index in [1.54, 1.807) is 12.5 Å². The van der Waals surface area contributed by atoms with Gasteiger partial charge in [0.25, 0.3) is 0 Å². The lowest BCUT2D eigenvalue weighted by Gasteiger charge is -2.33. The van der Waals surface area contributed by atoms with Gasteiger partial charge in [-0.05, 0) is 105 Å². The van der Waals surface area contributed by atoms with Crippen LogP contribution < -0.4 is 5.32 Å². The quantitative estimate of drug-likeness (QED) is 0.276. The molecule has 3 aromatic carbocycles. The van der Waals surface area contributed by atoms with Crippen molar-refractivity contribution >= 4 is 22.7 Å². The van der Waals surface area contributed by atoms with Crippen molar-refractivity contribution in [1.82, 2.24) is 19.7 Å². The van der Waals surface area contributed by atoms with Crippen molar-refractivity contribution in [1.29, 1.82) is 0 Å². The smallest absolute Gasteiger partial charge is 0.240 e. The first-order valence-corrected chi connectivity index (χ1v) is 15.9. The van der Waals surface area contributed by atoms with E-state index in [-0.39, 0.29) is 24.4 Å². The van der Waals surface area contributed by atoms with E-state index in [2.05, 4.69) is 95.4 Å². The molecule has 0 saturated carbocycles. The van der Waals surface area contributed by atoms with Crippen molar-refractivity contribution in [3.63, 3.8) is 0 Å². The van der Waals surface area contributed by atoms with Gasteiger partial charge in [-0.25, -0.2) is 0 Å². The molecule has 6 nitrogen and oxygen atoms in total. The van der Waals surface area contributed by atoms with E-state index in [4.69, 9.17) is 0 Å². The van der Waals surface area contributed by atoms with Gasteiger partial charge >= 0.3 is 0 Å². The van der Waals surface area contributed by atoms with Gasteiger partial charge in [0.05, 0.1) is 0 Å². The number of piperidine rings is 2. The second-order valence-corrected chi connectivity index (χ2v) is 12.6. The second-order valence-electron chi connectivity index (χ2n) is 12.6. The maximum atomic E-state index is 13.3. The highest BCUT2D eigenvalue weighted by Crippen LogP contribution is 2.34. The Labute approximate surface area is 255 Å². The lowest BCUT2D eigenvalue weighted by molar-refractivity contribution is -0.130. The molecule has 224 valence electrons. The third kappa shape index (κ3) is 6.54. The number of rotatable bonds is 7. The van der Waals surface area contributed by atoms with Gasteiger partial charge in [-0.2, -0.15) is 0 Å². The first kappa shape index (κ1) is 29.2. The van der Waals surface area contributed by atoms with Crippen molar-refractivity contribution < 1.29 is 9.59 Å². The highest BCUT2D eigenvalue weighted by molar-refractivity contribution is 5.89. The van der Waals surface area contributed by atoms with E-state index in [1.165, 1.54) is 29.5 Å². The molecule has 2 saturated heterocycles. The van der Waals surface area contributed by atoms with Crippen molar-refractivity contribution in [2.75, 3.05) is 26.2 Å². The normalized spacial score (nSPS) is 17.0. The molecule has 6 heteroatoms. The van der Waals surface area contributed by atoms with E-state index >= 15 is 0 Å². The Balaban J connectivity index is 1.15. The fourth-order valence-corrected chi connectivity index (χ4v) is 7.31. The van der Waals surface area contributed by atoms with Crippen molar-refractivity contribution in [3.8, 4) is 11.3 Å². The van der Waals surface area contributed by atoms with Crippen molar-refractivity contribution in [2.24, 2.45) is 0 Å². The van der Waals surface area contributed by atoms with Crippen molar-refractivity contribution in [2.45, 2.75) is 71.5 Å². The Morgan fingerprint density at radius 2 is 1.51 bits per heavy atom. The highest BCUT2D eigenvalue weighted by Gasteiger charge is 2.24. The topological polar surface area (TPSA) is 57.6 Å². The lowest BCUT2D eigenvalue weighted by atomic mass is 9.84. The molecular weight excluding hydrogens is 532 g/mol. The van der Waals surface area contributed by atoms with E-state index < -0.39 is 0 Å². The minimum atomic E-state index is 0.0202. The van der Waals surface area contributed by atoms with Gasteiger partial charge in [-0.1, -0.05) is 54.6 Å². The molecule has 2 aliphatic heterocycles. The zero-order valence-electron chi connectivity index (χ0n) is 25.8. The molecule has 3 heterocycles. The number of aromatic nitrogens is 1. The number of nitrogens with zero attached hydrogens (tertiary/aromatic N) is 3. The summed E-state index contributed by atoms with van der Waals surface area (Å²) >= 11 is 0. The van der Waals surface area contributed by atoms with Gasteiger partial charge in [0.1, 0.15) is 6.54 Å². The maximum absolute atomic E-state index is 13.3. The summed E-state index contributed by atoms with van der Waals surface area (Å²) in [5.74, 6) is 0.774. The summed E-state index contributed by atoms with van der Waals surface area (Å²) in [6.45, 7) is 10.9. The number of amides is 2. The molecule has 2 aliphatic rings. The monoisotopic (exact) mass is 576 g/mol. The average molecular weight is 577 g/mol. The number of likely N-dealkylation sites (tertiary alicyclic amines) is 2. The Kier molecular flexibility index (Phi) is 8.66. The summed E-state index contributed by atoms with van der Waals surface area (Å²) in [7, 11) is 0. The van der Waals surface area contributed by atoms with Crippen LogP contribution in [0.25, 0.3) is 22.2 Å². The Morgan fingerprint density at radius 1 is 0.814 bits per heavy atom. The number of benzene rings is 3. The number of carbonyl (C=O) groups is 2. The highest BCUT2D eigenvalue weighted by atomic mass is 16.2. The fourth-order valence-electron chi connectivity index (χ4n) is 7.31. The zero-order valence-corrected chi connectivity index (χ0v) is 25.8. The van der Waals surface area contributed by atoms with E-state index in [0.29, 0.717) is 19.0 Å². The second kappa shape index (κ2) is 12.8. The number of carbonyl (C=O) groups excluding carboxylic acids is 2. The number of hydrogen-bond acceptors (Lipinski definition) is 3. The standard InChI is InChI=1S/C37H44N4O2/c1-26-8-6-9-27(2)37(26)30-14-18-39(19-15-30)24-29-10-7-12-31(22-29)35-23-32-11-4-5-13-34(32)41(35)25-36(43)38-33-16-20-40(21-17-33)28(3)42/h4-13,22-23,30,33H,14-21,24-25H2,1-3H3,(H,38,43). The molecular formula is C37H44N4O2.